The van der Waals surface area contributed by atoms with Crippen LogP contribution in [0.15, 0.2) is 22.8 Å². The van der Waals surface area contributed by atoms with E-state index in [1.807, 2.05) is 13.1 Å². The third kappa shape index (κ3) is 3.66. The minimum Gasteiger partial charge on any atom is -0.383 e. The van der Waals surface area contributed by atoms with E-state index >= 15 is 0 Å². The van der Waals surface area contributed by atoms with Crippen LogP contribution in [0.25, 0.3) is 0 Å². The largest absolute Gasteiger partial charge is 0.383 e. The fourth-order valence-corrected chi connectivity index (χ4v) is 2.64. The zero-order chi connectivity index (χ0) is 15.6. The number of imidazole rings is 1. The van der Waals surface area contributed by atoms with Gasteiger partial charge in [0.25, 0.3) is 0 Å². The van der Waals surface area contributed by atoms with Gasteiger partial charge < -0.3 is 14.6 Å². The molecule has 0 bridgehead atoms. The quantitative estimate of drug-likeness (QED) is 0.860. The van der Waals surface area contributed by atoms with Crippen molar-refractivity contribution in [2.75, 3.05) is 19.0 Å². The van der Waals surface area contributed by atoms with Crippen LogP contribution in [0.5, 0.6) is 0 Å². The Balaban J connectivity index is 2.31. The zero-order valence-electron chi connectivity index (χ0n) is 13.2. The van der Waals surface area contributed by atoms with Crippen molar-refractivity contribution in [3.05, 3.63) is 39.6 Å². The first-order valence-corrected chi connectivity index (χ1v) is 7.80. The SMILES string of the molecule is COCC(C)n1cc(C)nc1Nc1cc(C)c(Br)c(C)c1. The van der Waals surface area contributed by atoms with Crippen molar-refractivity contribution >= 4 is 27.6 Å². The van der Waals surface area contributed by atoms with E-state index in [0.29, 0.717) is 6.61 Å². The molecule has 1 aromatic carbocycles. The van der Waals surface area contributed by atoms with Crippen molar-refractivity contribution in [1.29, 1.82) is 0 Å². The van der Waals surface area contributed by atoms with Gasteiger partial charge in [-0.05, 0) is 51.0 Å². The van der Waals surface area contributed by atoms with E-state index in [0.717, 1.165) is 21.8 Å². The van der Waals surface area contributed by atoms with E-state index in [9.17, 15) is 0 Å². The predicted molar refractivity (Wildman–Crippen MR) is 90.4 cm³/mol. The Kier molecular flexibility index (Phi) is 5.06. The molecule has 0 saturated heterocycles. The summed E-state index contributed by atoms with van der Waals surface area (Å²) in [7, 11) is 1.72. The van der Waals surface area contributed by atoms with Crippen molar-refractivity contribution in [3.63, 3.8) is 0 Å². The molecule has 0 aliphatic carbocycles. The Hall–Kier alpha value is -1.33. The van der Waals surface area contributed by atoms with Crippen molar-refractivity contribution in [3.8, 4) is 0 Å². The van der Waals surface area contributed by atoms with E-state index in [1.54, 1.807) is 7.11 Å². The van der Waals surface area contributed by atoms with Gasteiger partial charge in [-0.1, -0.05) is 15.9 Å². The maximum atomic E-state index is 5.24. The summed E-state index contributed by atoms with van der Waals surface area (Å²) < 4.78 is 8.51. The average molecular weight is 352 g/mol. The van der Waals surface area contributed by atoms with Crippen molar-refractivity contribution in [2.45, 2.75) is 33.7 Å². The zero-order valence-corrected chi connectivity index (χ0v) is 14.8. The van der Waals surface area contributed by atoms with Gasteiger partial charge in [0, 0.05) is 23.5 Å². The molecular formula is C16H22BrN3O. The van der Waals surface area contributed by atoms with Crippen LogP contribution in [-0.4, -0.2) is 23.3 Å². The number of rotatable bonds is 5. The lowest BCUT2D eigenvalue weighted by Gasteiger charge is -2.17. The molecule has 2 rings (SSSR count). The lowest BCUT2D eigenvalue weighted by atomic mass is 10.1. The molecule has 21 heavy (non-hydrogen) atoms. The van der Waals surface area contributed by atoms with Crippen LogP contribution in [-0.2, 0) is 4.74 Å². The monoisotopic (exact) mass is 351 g/mol. The number of hydrogen-bond acceptors (Lipinski definition) is 3. The second-order valence-electron chi connectivity index (χ2n) is 5.47. The van der Waals surface area contributed by atoms with Crippen LogP contribution in [0.3, 0.4) is 0 Å². The maximum absolute atomic E-state index is 5.24. The standard InChI is InChI=1S/C16H22BrN3O/c1-10-6-14(7-11(2)15(10)17)19-16-18-12(3)8-20(16)13(4)9-21-5/h6-8,13H,9H2,1-5H3,(H,18,19). The number of nitrogens with one attached hydrogen (secondary N) is 1. The lowest BCUT2D eigenvalue weighted by molar-refractivity contribution is 0.163. The Morgan fingerprint density at radius 2 is 1.90 bits per heavy atom. The van der Waals surface area contributed by atoms with Gasteiger partial charge in [0.15, 0.2) is 0 Å². The number of aryl methyl sites for hydroxylation is 3. The molecule has 4 nitrogen and oxygen atoms in total. The van der Waals surface area contributed by atoms with Gasteiger partial charge in [-0.3, -0.25) is 0 Å². The lowest BCUT2D eigenvalue weighted by Crippen LogP contribution is -2.12. The second-order valence-corrected chi connectivity index (χ2v) is 6.26. The first kappa shape index (κ1) is 16.0. The van der Waals surface area contributed by atoms with Gasteiger partial charge >= 0.3 is 0 Å². The van der Waals surface area contributed by atoms with Crippen LogP contribution in [0, 0.1) is 20.8 Å². The van der Waals surface area contributed by atoms with Gasteiger partial charge in [-0.25, -0.2) is 4.98 Å². The third-order valence-corrected chi connectivity index (χ3v) is 4.68. The molecule has 1 unspecified atom stereocenters. The molecule has 1 atom stereocenters. The van der Waals surface area contributed by atoms with Crippen LogP contribution in [0.2, 0.25) is 0 Å². The molecule has 0 amide bonds. The highest BCUT2D eigenvalue weighted by molar-refractivity contribution is 9.10. The summed E-state index contributed by atoms with van der Waals surface area (Å²) in [6, 6.07) is 4.47. The number of ether oxygens (including phenoxy) is 1. The van der Waals surface area contributed by atoms with E-state index in [1.165, 1.54) is 11.1 Å². The minimum absolute atomic E-state index is 0.233. The van der Waals surface area contributed by atoms with Gasteiger partial charge in [-0.15, -0.1) is 0 Å². The van der Waals surface area contributed by atoms with Gasteiger partial charge in [0.2, 0.25) is 5.95 Å². The van der Waals surface area contributed by atoms with Crippen LogP contribution in [0.1, 0.15) is 29.8 Å². The number of anilines is 2. The first-order valence-electron chi connectivity index (χ1n) is 7.00. The Labute approximate surface area is 134 Å². The highest BCUT2D eigenvalue weighted by atomic mass is 79.9. The van der Waals surface area contributed by atoms with E-state index in [2.05, 4.69) is 63.7 Å². The van der Waals surface area contributed by atoms with Gasteiger partial charge in [-0.2, -0.15) is 0 Å². The first-order chi connectivity index (χ1) is 9.92. The smallest absolute Gasteiger partial charge is 0.207 e. The van der Waals surface area contributed by atoms with E-state index in [-0.39, 0.29) is 6.04 Å². The van der Waals surface area contributed by atoms with Crippen LogP contribution in [0.4, 0.5) is 11.6 Å². The summed E-state index contributed by atoms with van der Waals surface area (Å²) >= 11 is 3.60. The van der Waals surface area contributed by atoms with E-state index < -0.39 is 0 Å². The van der Waals surface area contributed by atoms with Crippen molar-refractivity contribution in [2.24, 2.45) is 0 Å². The highest BCUT2D eigenvalue weighted by Crippen LogP contribution is 2.27. The van der Waals surface area contributed by atoms with Gasteiger partial charge in [0.05, 0.1) is 18.3 Å². The molecule has 0 fully saturated rings. The summed E-state index contributed by atoms with van der Waals surface area (Å²) in [5, 5.41) is 3.42. The van der Waals surface area contributed by atoms with Crippen LogP contribution >= 0.6 is 15.9 Å². The normalized spacial score (nSPS) is 12.5. The number of halogens is 1. The molecule has 0 aliphatic heterocycles. The second kappa shape index (κ2) is 6.62. The molecule has 114 valence electrons. The van der Waals surface area contributed by atoms with Crippen molar-refractivity contribution in [1.82, 2.24) is 9.55 Å². The Morgan fingerprint density at radius 1 is 1.29 bits per heavy atom. The van der Waals surface area contributed by atoms with Gasteiger partial charge in [0.1, 0.15) is 0 Å². The molecule has 1 N–H and O–H groups in total. The molecule has 0 saturated carbocycles. The number of hydrogen-bond donors (Lipinski definition) is 1. The van der Waals surface area contributed by atoms with Crippen LogP contribution < -0.4 is 5.32 Å². The minimum atomic E-state index is 0.233. The number of aromatic nitrogens is 2. The predicted octanol–water partition coefficient (Wildman–Crippen LogP) is 4.52. The average Bonchev–Trinajstić information content (AvgIpc) is 2.77. The molecule has 5 heteroatoms. The fourth-order valence-electron chi connectivity index (χ4n) is 2.41. The molecule has 1 aromatic heterocycles. The summed E-state index contributed by atoms with van der Waals surface area (Å²) in [5.41, 5.74) is 4.45. The summed E-state index contributed by atoms with van der Waals surface area (Å²) in [6.07, 6.45) is 2.05. The van der Waals surface area contributed by atoms with Crippen molar-refractivity contribution < 1.29 is 4.74 Å². The highest BCUT2D eigenvalue weighted by Gasteiger charge is 2.12. The maximum Gasteiger partial charge on any atom is 0.207 e. The summed E-state index contributed by atoms with van der Waals surface area (Å²) in [5.74, 6) is 0.846. The summed E-state index contributed by atoms with van der Waals surface area (Å²) in [6.45, 7) is 8.96. The summed E-state index contributed by atoms with van der Waals surface area (Å²) in [4.78, 5) is 4.58. The Morgan fingerprint density at radius 3 is 2.48 bits per heavy atom. The molecule has 0 radical (unpaired) electrons. The molecular weight excluding hydrogens is 330 g/mol. The molecule has 2 aromatic rings. The molecule has 0 aliphatic rings. The fraction of sp³-hybridized carbons (Fsp3) is 0.438. The third-order valence-electron chi connectivity index (χ3n) is 3.43. The molecule has 0 spiro atoms. The van der Waals surface area contributed by atoms with E-state index in [4.69, 9.17) is 4.74 Å². The topological polar surface area (TPSA) is 39.1 Å². The number of benzene rings is 1. The Bertz CT molecular complexity index is 613. The number of nitrogens with zero attached hydrogens (tertiary/aromatic N) is 2. The molecule has 1 heterocycles. The number of methoxy groups -OCH3 is 1.